The molecule has 0 radical (unpaired) electrons. The summed E-state index contributed by atoms with van der Waals surface area (Å²) in [5, 5.41) is 12.8. The van der Waals surface area contributed by atoms with Crippen LogP contribution in [0.3, 0.4) is 0 Å². The molecule has 2 aliphatic rings. The van der Waals surface area contributed by atoms with E-state index in [9.17, 15) is 4.39 Å². The fourth-order valence-electron chi connectivity index (χ4n) is 4.17. The lowest BCUT2D eigenvalue weighted by molar-refractivity contribution is 0.222. The number of H-pyrrole nitrogens is 1. The van der Waals surface area contributed by atoms with Crippen LogP contribution in [0.5, 0.6) is 0 Å². The number of piperidine rings is 1. The van der Waals surface area contributed by atoms with Crippen molar-refractivity contribution in [3.8, 4) is 0 Å². The molecule has 0 aliphatic carbocycles. The quantitative estimate of drug-likeness (QED) is 0.614. The second-order valence-corrected chi connectivity index (χ2v) is 8.74. The van der Waals surface area contributed by atoms with Crippen LogP contribution in [0.4, 0.5) is 15.9 Å². The molecule has 1 aromatic heterocycles. The Morgan fingerprint density at radius 2 is 1.97 bits per heavy atom. The molecule has 0 amide bonds. The molecule has 3 N–H and O–H groups in total. The molecule has 0 saturated carbocycles. The van der Waals surface area contributed by atoms with E-state index < -0.39 is 5.38 Å². The number of nitrogens with zero attached hydrogens (tertiary/aromatic N) is 4. The van der Waals surface area contributed by atoms with E-state index in [0.717, 1.165) is 49.3 Å². The molecule has 9 heteroatoms. The third-order valence-electron chi connectivity index (χ3n) is 5.96. The van der Waals surface area contributed by atoms with Crippen LogP contribution in [0.2, 0.25) is 0 Å². The lowest BCUT2D eigenvalue weighted by atomic mass is 9.86. The van der Waals surface area contributed by atoms with Crippen molar-refractivity contribution >= 4 is 34.9 Å². The van der Waals surface area contributed by atoms with Gasteiger partial charge in [-0.2, -0.15) is 10.1 Å². The number of likely N-dealkylation sites (tertiary alicyclic amines) is 1. The lowest BCUT2D eigenvalue weighted by Crippen LogP contribution is -2.33. The van der Waals surface area contributed by atoms with E-state index in [0.29, 0.717) is 35.8 Å². The molecule has 7 nitrogen and oxygen atoms in total. The van der Waals surface area contributed by atoms with Gasteiger partial charge in [-0.3, -0.25) is 5.10 Å². The summed E-state index contributed by atoms with van der Waals surface area (Å²) in [7, 11) is 0. The van der Waals surface area contributed by atoms with Crippen LogP contribution < -0.4 is 10.6 Å². The normalized spacial score (nSPS) is 20.4. The molecule has 0 bridgehead atoms. The van der Waals surface area contributed by atoms with Gasteiger partial charge in [-0.05, 0) is 75.5 Å². The number of alkyl halides is 1. The minimum atomic E-state index is -0.398. The molecule has 4 rings (SSSR count). The van der Waals surface area contributed by atoms with E-state index in [2.05, 4.69) is 42.6 Å². The standard InChI is InChI=1S/C22H29ClFN7/c1-4-31-7-5-15(6-8-31)16-11-18(24)19(9-13(16)2)26-22-25-12-17(23)21(28-22)27-20-10-14(3)29-30-20/h9-11,15,17H,4-8,12H2,1-3H3,(H3,25,26,27,28,29,30). The summed E-state index contributed by atoms with van der Waals surface area (Å²) in [6, 6.07) is 5.39. The van der Waals surface area contributed by atoms with Crippen molar-refractivity contribution in [2.45, 2.75) is 44.9 Å². The van der Waals surface area contributed by atoms with E-state index >= 15 is 0 Å². The second kappa shape index (κ2) is 9.36. The molecule has 31 heavy (non-hydrogen) atoms. The highest BCUT2D eigenvalue weighted by Crippen LogP contribution is 2.33. The number of hydrogen-bond acceptors (Lipinski definition) is 6. The maximum absolute atomic E-state index is 15.0. The van der Waals surface area contributed by atoms with Crippen molar-refractivity contribution in [3.63, 3.8) is 0 Å². The molecular formula is C22H29ClFN7. The molecule has 1 atom stereocenters. The van der Waals surface area contributed by atoms with Crippen molar-refractivity contribution in [2.24, 2.45) is 9.98 Å². The largest absolute Gasteiger partial charge is 0.326 e. The average molecular weight is 446 g/mol. The monoisotopic (exact) mass is 445 g/mol. The van der Waals surface area contributed by atoms with Crippen LogP contribution in [0.25, 0.3) is 0 Å². The molecule has 1 unspecified atom stereocenters. The number of aryl methyl sites for hydroxylation is 2. The molecule has 0 spiro atoms. The van der Waals surface area contributed by atoms with Crippen LogP contribution in [-0.2, 0) is 0 Å². The third-order valence-corrected chi connectivity index (χ3v) is 6.31. The van der Waals surface area contributed by atoms with Gasteiger partial charge in [0.25, 0.3) is 0 Å². The summed E-state index contributed by atoms with van der Waals surface area (Å²) in [5.74, 6) is 1.60. The van der Waals surface area contributed by atoms with E-state index in [1.54, 1.807) is 6.07 Å². The number of amidine groups is 1. The first kappa shape index (κ1) is 21.8. The zero-order valence-electron chi connectivity index (χ0n) is 18.2. The number of guanidine groups is 1. The fraction of sp³-hybridized carbons (Fsp3) is 0.500. The molecule has 1 saturated heterocycles. The Bertz CT molecular complexity index is 992. The van der Waals surface area contributed by atoms with Crippen molar-refractivity contribution in [3.05, 3.63) is 40.8 Å². The highest BCUT2D eigenvalue weighted by atomic mass is 35.5. The molecule has 3 heterocycles. The number of aromatic amines is 1. The Kier molecular flexibility index (Phi) is 6.57. The number of hydrogen-bond donors (Lipinski definition) is 3. The van der Waals surface area contributed by atoms with Crippen LogP contribution in [0, 0.1) is 19.7 Å². The van der Waals surface area contributed by atoms with E-state index in [1.807, 2.05) is 26.0 Å². The van der Waals surface area contributed by atoms with Gasteiger partial charge in [-0.15, -0.1) is 11.6 Å². The number of aromatic nitrogens is 2. The number of aliphatic imine (C=N–C) groups is 2. The van der Waals surface area contributed by atoms with Gasteiger partial charge in [0.1, 0.15) is 17.0 Å². The van der Waals surface area contributed by atoms with Gasteiger partial charge < -0.3 is 15.5 Å². The van der Waals surface area contributed by atoms with Crippen molar-refractivity contribution in [2.75, 3.05) is 36.8 Å². The number of nitrogens with one attached hydrogen (secondary N) is 3. The number of halogens is 2. The Labute approximate surface area is 187 Å². The maximum Gasteiger partial charge on any atom is 0.224 e. The second-order valence-electron chi connectivity index (χ2n) is 8.21. The lowest BCUT2D eigenvalue weighted by Gasteiger charge is -2.32. The Balaban J connectivity index is 1.48. The Hall–Kier alpha value is -2.45. The summed E-state index contributed by atoms with van der Waals surface area (Å²) in [4.78, 5) is 11.2. The van der Waals surface area contributed by atoms with E-state index in [-0.39, 0.29) is 5.82 Å². The molecule has 2 aromatic rings. The fourth-order valence-corrected chi connectivity index (χ4v) is 4.35. The zero-order valence-corrected chi connectivity index (χ0v) is 18.9. The summed E-state index contributed by atoms with van der Waals surface area (Å²) < 4.78 is 15.0. The highest BCUT2D eigenvalue weighted by molar-refractivity contribution is 6.35. The predicted molar refractivity (Wildman–Crippen MR) is 125 cm³/mol. The molecule has 1 fully saturated rings. The topological polar surface area (TPSA) is 80.7 Å². The van der Waals surface area contributed by atoms with Gasteiger partial charge in [-0.25, -0.2) is 9.38 Å². The summed E-state index contributed by atoms with van der Waals surface area (Å²) >= 11 is 6.35. The minimum absolute atomic E-state index is 0.290. The van der Waals surface area contributed by atoms with Crippen LogP contribution in [-0.4, -0.2) is 58.4 Å². The van der Waals surface area contributed by atoms with Gasteiger partial charge in [0, 0.05) is 11.8 Å². The van der Waals surface area contributed by atoms with Crippen LogP contribution in [0.15, 0.2) is 28.2 Å². The predicted octanol–water partition coefficient (Wildman–Crippen LogP) is 4.26. The highest BCUT2D eigenvalue weighted by Gasteiger charge is 2.24. The van der Waals surface area contributed by atoms with Gasteiger partial charge in [0.2, 0.25) is 5.96 Å². The van der Waals surface area contributed by atoms with E-state index in [1.165, 1.54) is 0 Å². The third kappa shape index (κ3) is 5.07. The van der Waals surface area contributed by atoms with Crippen LogP contribution in [0.1, 0.15) is 42.5 Å². The molecule has 166 valence electrons. The van der Waals surface area contributed by atoms with Gasteiger partial charge >= 0.3 is 0 Å². The van der Waals surface area contributed by atoms with Crippen LogP contribution >= 0.6 is 11.6 Å². The number of benzene rings is 1. The Morgan fingerprint density at radius 1 is 1.19 bits per heavy atom. The average Bonchev–Trinajstić information content (AvgIpc) is 3.17. The molecular weight excluding hydrogens is 417 g/mol. The number of rotatable bonds is 4. The smallest absolute Gasteiger partial charge is 0.224 e. The summed E-state index contributed by atoms with van der Waals surface area (Å²) in [5.41, 5.74) is 3.48. The van der Waals surface area contributed by atoms with Crippen molar-refractivity contribution in [1.29, 1.82) is 0 Å². The number of anilines is 2. The van der Waals surface area contributed by atoms with Crippen molar-refractivity contribution in [1.82, 2.24) is 15.1 Å². The first-order valence-electron chi connectivity index (χ1n) is 10.8. The zero-order chi connectivity index (χ0) is 22.0. The van der Waals surface area contributed by atoms with Gasteiger partial charge in [-0.1, -0.05) is 6.92 Å². The maximum atomic E-state index is 15.0. The SMILES string of the molecule is CCN1CCC(c2cc(F)c(NC3=NCC(Cl)C(Nc4cc(C)[nH]n4)=N3)cc2C)CC1. The van der Waals surface area contributed by atoms with Gasteiger partial charge in [0.05, 0.1) is 12.2 Å². The van der Waals surface area contributed by atoms with Crippen molar-refractivity contribution < 1.29 is 4.39 Å². The summed E-state index contributed by atoms with van der Waals surface area (Å²) in [6.07, 6.45) is 2.13. The Morgan fingerprint density at radius 3 is 2.65 bits per heavy atom. The van der Waals surface area contributed by atoms with E-state index in [4.69, 9.17) is 11.6 Å². The first-order valence-corrected chi connectivity index (χ1v) is 11.2. The summed E-state index contributed by atoms with van der Waals surface area (Å²) in [6.45, 7) is 9.69. The van der Waals surface area contributed by atoms with Gasteiger partial charge in [0.15, 0.2) is 5.82 Å². The molecule has 2 aliphatic heterocycles. The first-order chi connectivity index (χ1) is 14.9. The minimum Gasteiger partial charge on any atom is -0.326 e. The molecule has 1 aromatic carbocycles.